The van der Waals surface area contributed by atoms with Gasteiger partial charge >= 0.3 is 6.03 Å². The van der Waals surface area contributed by atoms with Crippen LogP contribution in [-0.4, -0.2) is 70.3 Å². The van der Waals surface area contributed by atoms with E-state index in [0.717, 1.165) is 12.1 Å². The zero-order valence-corrected chi connectivity index (χ0v) is 16.5. The number of carbonyl (C=O) groups is 2. The molecule has 8 heteroatoms. The quantitative estimate of drug-likeness (QED) is 0.797. The van der Waals surface area contributed by atoms with Crippen LogP contribution in [0.15, 0.2) is 42.7 Å². The van der Waals surface area contributed by atoms with Gasteiger partial charge in [0.05, 0.1) is 17.9 Å². The predicted octanol–water partition coefficient (Wildman–Crippen LogP) is 1.94. The van der Waals surface area contributed by atoms with Gasteiger partial charge in [0.15, 0.2) is 0 Å². The van der Waals surface area contributed by atoms with Gasteiger partial charge in [-0.15, -0.1) is 0 Å². The maximum Gasteiger partial charge on any atom is 0.321 e. The molecule has 1 aliphatic heterocycles. The number of para-hydroxylation sites is 2. The highest BCUT2D eigenvalue weighted by Crippen LogP contribution is 2.19. The number of urea groups is 1. The number of benzene rings is 1. The van der Waals surface area contributed by atoms with Crippen LogP contribution in [0.5, 0.6) is 0 Å². The summed E-state index contributed by atoms with van der Waals surface area (Å²) in [5, 5.41) is 10.2. The number of hydrogen-bond acceptors (Lipinski definition) is 4. The standard InChI is InChI=1S/C20H28N6O2/c1-3-16(2)22-19(27)15-24-11-13-25(14-12-24)20(28)23-17-7-4-5-8-18(17)26-10-6-9-21-26/h4-10,16H,3,11-15H2,1-2H3,(H,22,27)(H,23,28)/t16-/m0/s1. The summed E-state index contributed by atoms with van der Waals surface area (Å²) in [6.07, 6.45) is 4.46. The Balaban J connectivity index is 1.52. The highest BCUT2D eigenvalue weighted by atomic mass is 16.2. The Hall–Kier alpha value is -2.87. The van der Waals surface area contributed by atoms with E-state index in [-0.39, 0.29) is 18.0 Å². The lowest BCUT2D eigenvalue weighted by atomic mass is 10.2. The van der Waals surface area contributed by atoms with E-state index in [1.165, 1.54) is 0 Å². The monoisotopic (exact) mass is 384 g/mol. The molecule has 0 unspecified atom stereocenters. The number of carbonyl (C=O) groups excluding carboxylic acids is 2. The number of aromatic nitrogens is 2. The van der Waals surface area contributed by atoms with Gasteiger partial charge in [0.25, 0.3) is 0 Å². The van der Waals surface area contributed by atoms with E-state index in [2.05, 4.69) is 20.6 Å². The minimum atomic E-state index is -0.136. The fourth-order valence-corrected chi connectivity index (χ4v) is 3.12. The van der Waals surface area contributed by atoms with Crippen molar-refractivity contribution in [1.29, 1.82) is 0 Å². The summed E-state index contributed by atoms with van der Waals surface area (Å²) in [4.78, 5) is 28.6. The zero-order chi connectivity index (χ0) is 19.9. The van der Waals surface area contributed by atoms with Gasteiger partial charge in [-0.25, -0.2) is 9.48 Å². The smallest absolute Gasteiger partial charge is 0.321 e. The first-order chi connectivity index (χ1) is 13.6. The van der Waals surface area contributed by atoms with Gasteiger partial charge in [-0.2, -0.15) is 5.10 Å². The number of hydrogen-bond donors (Lipinski definition) is 2. The molecule has 0 saturated carbocycles. The van der Waals surface area contributed by atoms with E-state index < -0.39 is 0 Å². The normalized spacial score (nSPS) is 15.9. The SMILES string of the molecule is CC[C@H](C)NC(=O)CN1CCN(C(=O)Nc2ccccc2-n2cccn2)CC1. The Morgan fingerprint density at radius 1 is 1.14 bits per heavy atom. The van der Waals surface area contributed by atoms with E-state index in [0.29, 0.717) is 38.4 Å². The Morgan fingerprint density at radius 3 is 2.57 bits per heavy atom. The minimum absolute atomic E-state index is 0.0420. The van der Waals surface area contributed by atoms with Crippen molar-refractivity contribution in [2.45, 2.75) is 26.3 Å². The molecule has 3 rings (SSSR count). The van der Waals surface area contributed by atoms with Gasteiger partial charge in [0.2, 0.25) is 5.91 Å². The highest BCUT2D eigenvalue weighted by Gasteiger charge is 2.23. The molecule has 2 N–H and O–H groups in total. The maximum absolute atomic E-state index is 12.7. The fourth-order valence-electron chi connectivity index (χ4n) is 3.12. The van der Waals surface area contributed by atoms with Crippen LogP contribution < -0.4 is 10.6 Å². The molecule has 1 aromatic carbocycles. The summed E-state index contributed by atoms with van der Waals surface area (Å²) >= 11 is 0. The molecular weight excluding hydrogens is 356 g/mol. The average molecular weight is 384 g/mol. The van der Waals surface area contributed by atoms with Crippen LogP contribution in [0.4, 0.5) is 10.5 Å². The summed E-state index contributed by atoms with van der Waals surface area (Å²) in [5.74, 6) is 0.0420. The summed E-state index contributed by atoms with van der Waals surface area (Å²) < 4.78 is 1.73. The second kappa shape index (κ2) is 9.36. The largest absolute Gasteiger partial charge is 0.353 e. The first-order valence-electron chi connectivity index (χ1n) is 9.73. The number of nitrogens with one attached hydrogen (secondary N) is 2. The van der Waals surface area contributed by atoms with Crippen molar-refractivity contribution in [1.82, 2.24) is 24.9 Å². The number of amides is 3. The van der Waals surface area contributed by atoms with Crippen LogP contribution in [0.2, 0.25) is 0 Å². The summed E-state index contributed by atoms with van der Waals surface area (Å²) in [6, 6.07) is 9.47. The van der Waals surface area contributed by atoms with Crippen LogP contribution in [0.25, 0.3) is 5.69 Å². The Kier molecular flexibility index (Phi) is 6.65. The van der Waals surface area contributed by atoms with Gasteiger partial charge < -0.3 is 15.5 Å². The topological polar surface area (TPSA) is 82.5 Å². The molecule has 0 radical (unpaired) electrons. The minimum Gasteiger partial charge on any atom is -0.353 e. The lowest BCUT2D eigenvalue weighted by molar-refractivity contribution is -0.123. The molecule has 0 bridgehead atoms. The van der Waals surface area contributed by atoms with Crippen LogP contribution in [0.3, 0.4) is 0 Å². The van der Waals surface area contributed by atoms with Crippen LogP contribution >= 0.6 is 0 Å². The summed E-state index contributed by atoms with van der Waals surface area (Å²) in [7, 11) is 0. The van der Waals surface area contributed by atoms with Crippen LogP contribution in [0, 0.1) is 0 Å². The Morgan fingerprint density at radius 2 is 1.89 bits per heavy atom. The molecule has 0 spiro atoms. The molecule has 1 aromatic heterocycles. The van der Waals surface area contributed by atoms with Gasteiger partial charge in [-0.05, 0) is 31.5 Å². The van der Waals surface area contributed by atoms with E-state index in [4.69, 9.17) is 0 Å². The lowest BCUT2D eigenvalue weighted by Gasteiger charge is -2.34. The first-order valence-corrected chi connectivity index (χ1v) is 9.73. The molecule has 1 aliphatic rings. The average Bonchev–Trinajstić information content (AvgIpc) is 3.23. The molecule has 28 heavy (non-hydrogen) atoms. The molecule has 2 heterocycles. The van der Waals surface area contributed by atoms with E-state index >= 15 is 0 Å². The lowest BCUT2D eigenvalue weighted by Crippen LogP contribution is -2.52. The number of piperazine rings is 1. The molecule has 150 valence electrons. The van der Waals surface area contributed by atoms with Crippen molar-refractivity contribution in [3.8, 4) is 5.69 Å². The van der Waals surface area contributed by atoms with Crippen LogP contribution in [-0.2, 0) is 4.79 Å². The second-order valence-corrected chi connectivity index (χ2v) is 7.04. The fraction of sp³-hybridized carbons (Fsp3) is 0.450. The molecule has 1 atom stereocenters. The van der Waals surface area contributed by atoms with Gasteiger partial charge in [0.1, 0.15) is 0 Å². The first kappa shape index (κ1) is 19.9. The van der Waals surface area contributed by atoms with Gasteiger partial charge in [-0.3, -0.25) is 9.69 Å². The van der Waals surface area contributed by atoms with E-state index in [1.54, 1.807) is 15.8 Å². The molecule has 2 aromatic rings. The summed E-state index contributed by atoms with van der Waals surface area (Å²) in [5.41, 5.74) is 1.53. The predicted molar refractivity (Wildman–Crippen MR) is 108 cm³/mol. The van der Waals surface area contributed by atoms with E-state index in [1.807, 2.05) is 50.4 Å². The summed E-state index contributed by atoms with van der Waals surface area (Å²) in [6.45, 7) is 6.97. The zero-order valence-electron chi connectivity index (χ0n) is 16.5. The number of nitrogens with zero attached hydrogens (tertiary/aromatic N) is 4. The van der Waals surface area contributed by atoms with Crippen molar-refractivity contribution >= 4 is 17.6 Å². The third-order valence-electron chi connectivity index (χ3n) is 4.94. The van der Waals surface area contributed by atoms with Crippen molar-refractivity contribution < 1.29 is 9.59 Å². The molecule has 0 aliphatic carbocycles. The van der Waals surface area contributed by atoms with Crippen molar-refractivity contribution in [2.75, 3.05) is 38.0 Å². The number of rotatable bonds is 6. The molecular formula is C20H28N6O2. The second-order valence-electron chi connectivity index (χ2n) is 7.04. The van der Waals surface area contributed by atoms with Gasteiger partial charge in [0, 0.05) is 44.6 Å². The maximum atomic E-state index is 12.7. The molecule has 1 saturated heterocycles. The molecule has 3 amide bonds. The van der Waals surface area contributed by atoms with E-state index in [9.17, 15) is 9.59 Å². The molecule has 8 nitrogen and oxygen atoms in total. The van der Waals surface area contributed by atoms with Crippen LogP contribution in [0.1, 0.15) is 20.3 Å². The van der Waals surface area contributed by atoms with Gasteiger partial charge in [-0.1, -0.05) is 19.1 Å². The van der Waals surface area contributed by atoms with Crippen molar-refractivity contribution in [2.24, 2.45) is 0 Å². The number of anilines is 1. The third kappa shape index (κ3) is 5.10. The Labute approximate surface area is 165 Å². The van der Waals surface area contributed by atoms with Crippen molar-refractivity contribution in [3.63, 3.8) is 0 Å². The third-order valence-corrected chi connectivity index (χ3v) is 4.94. The Bertz CT molecular complexity index is 784. The van der Waals surface area contributed by atoms with Crippen molar-refractivity contribution in [3.05, 3.63) is 42.7 Å². The molecule has 1 fully saturated rings. The highest BCUT2D eigenvalue weighted by molar-refractivity contribution is 5.91.